The average Bonchev–Trinajstić information content (AvgIpc) is 2.71. The minimum Gasteiger partial charge on any atom is -0.487 e. The zero-order valence-electron chi connectivity index (χ0n) is 17.7. The van der Waals surface area contributed by atoms with Crippen LogP contribution in [0, 0.1) is 0 Å². The molecule has 10 heteroatoms. The van der Waals surface area contributed by atoms with Gasteiger partial charge >= 0.3 is 23.2 Å². The van der Waals surface area contributed by atoms with E-state index >= 15 is 0 Å². The normalized spacial score (nSPS) is 11.2. The van der Waals surface area contributed by atoms with E-state index in [9.17, 15) is 19.2 Å². The Morgan fingerprint density at radius 1 is 0.750 bits per heavy atom. The van der Waals surface area contributed by atoms with Crippen molar-refractivity contribution >= 4 is 44.6 Å². The van der Waals surface area contributed by atoms with Gasteiger partial charge in [-0.05, 0) is 13.8 Å². The SMILES string of the molecule is CCOc1c(OC(C)=O)cc2c(=O)oc3c(OCC)c(OC(C)=O)cc4c(=O)oc1c2c34. The number of hydrogen-bond acceptors (Lipinski definition) is 10. The maximum atomic E-state index is 12.9. The Balaban J connectivity index is 2.26. The summed E-state index contributed by atoms with van der Waals surface area (Å²) in [6, 6.07) is 2.58. The molecule has 10 nitrogen and oxygen atoms in total. The summed E-state index contributed by atoms with van der Waals surface area (Å²) >= 11 is 0. The molecule has 4 aromatic rings. The molecule has 0 fully saturated rings. The van der Waals surface area contributed by atoms with Crippen LogP contribution in [0.25, 0.3) is 32.7 Å². The van der Waals surface area contributed by atoms with E-state index in [0.717, 1.165) is 0 Å². The number of carbonyl (C=O) groups is 2. The van der Waals surface area contributed by atoms with Crippen LogP contribution >= 0.6 is 0 Å². The molecule has 0 bridgehead atoms. The quantitative estimate of drug-likeness (QED) is 0.190. The van der Waals surface area contributed by atoms with Gasteiger partial charge in [0.25, 0.3) is 0 Å². The molecule has 0 atom stereocenters. The molecule has 0 spiro atoms. The van der Waals surface area contributed by atoms with Crippen LogP contribution in [0.4, 0.5) is 0 Å². The van der Waals surface area contributed by atoms with Gasteiger partial charge in [0.1, 0.15) is 0 Å². The minimum absolute atomic E-state index is 0.00337. The summed E-state index contributed by atoms with van der Waals surface area (Å²) in [5, 5.41) is 0.452. The van der Waals surface area contributed by atoms with E-state index in [1.807, 2.05) is 0 Å². The summed E-state index contributed by atoms with van der Waals surface area (Å²) in [5.41, 5.74) is -1.79. The minimum atomic E-state index is -0.810. The topological polar surface area (TPSA) is 131 Å². The van der Waals surface area contributed by atoms with E-state index in [2.05, 4.69) is 0 Å². The van der Waals surface area contributed by atoms with Gasteiger partial charge in [0.05, 0.1) is 24.0 Å². The molecule has 0 unspecified atom stereocenters. The lowest BCUT2D eigenvalue weighted by Gasteiger charge is -2.17. The third kappa shape index (κ3) is 3.29. The number of ether oxygens (including phenoxy) is 4. The summed E-state index contributed by atoms with van der Waals surface area (Å²) in [6.45, 7) is 6.09. The fraction of sp³-hybridized carbons (Fsp3) is 0.273. The highest BCUT2D eigenvalue weighted by atomic mass is 16.6. The van der Waals surface area contributed by atoms with Gasteiger partial charge in [-0.1, -0.05) is 0 Å². The van der Waals surface area contributed by atoms with Crippen LogP contribution in [0.1, 0.15) is 27.7 Å². The standard InChI is InChI=1S/C22H18O10/c1-5-27-17-13(29-9(3)23)7-11-15-16-12(21(25)31-19(15)17)8-14(30-10(4)24)18(28-6-2)20(16)32-22(11)26/h7-8H,5-6H2,1-4H3. The van der Waals surface area contributed by atoms with Gasteiger partial charge in [-0.15, -0.1) is 0 Å². The fourth-order valence-electron chi connectivity index (χ4n) is 3.56. The molecule has 0 aliphatic rings. The van der Waals surface area contributed by atoms with E-state index in [4.69, 9.17) is 27.8 Å². The smallest absolute Gasteiger partial charge is 0.344 e. The summed E-state index contributed by atoms with van der Waals surface area (Å²) < 4.78 is 32.6. The van der Waals surface area contributed by atoms with Gasteiger partial charge in [-0.25, -0.2) is 9.59 Å². The first-order valence-corrected chi connectivity index (χ1v) is 9.75. The molecule has 0 radical (unpaired) electrons. The Labute approximate surface area is 179 Å². The van der Waals surface area contributed by atoms with E-state index in [1.54, 1.807) is 13.8 Å². The number of carbonyl (C=O) groups excluding carboxylic acids is 2. The number of esters is 2. The van der Waals surface area contributed by atoms with Gasteiger partial charge in [0, 0.05) is 36.8 Å². The lowest BCUT2D eigenvalue weighted by Crippen LogP contribution is -2.12. The molecule has 2 heterocycles. The van der Waals surface area contributed by atoms with Crippen molar-refractivity contribution in [2.75, 3.05) is 13.2 Å². The Morgan fingerprint density at radius 2 is 1.12 bits per heavy atom. The molecule has 0 saturated carbocycles. The van der Waals surface area contributed by atoms with Crippen LogP contribution in [0.5, 0.6) is 23.0 Å². The van der Waals surface area contributed by atoms with Crippen LogP contribution in [0.2, 0.25) is 0 Å². The summed E-state index contributed by atoms with van der Waals surface area (Å²) in [5.74, 6) is -1.52. The highest BCUT2D eigenvalue weighted by molar-refractivity contribution is 6.22. The van der Waals surface area contributed by atoms with Crippen LogP contribution in [0.3, 0.4) is 0 Å². The second-order valence-electron chi connectivity index (χ2n) is 6.74. The number of benzene rings is 2. The first kappa shape index (κ1) is 21.2. The van der Waals surface area contributed by atoms with Crippen molar-refractivity contribution in [1.82, 2.24) is 0 Å². The Bertz CT molecular complexity index is 1380. The van der Waals surface area contributed by atoms with E-state index < -0.39 is 23.2 Å². The van der Waals surface area contributed by atoms with Gasteiger partial charge in [0.2, 0.25) is 11.5 Å². The molecular formula is C22H18O10. The van der Waals surface area contributed by atoms with E-state index in [0.29, 0.717) is 0 Å². The van der Waals surface area contributed by atoms with Crippen molar-refractivity contribution in [2.45, 2.75) is 27.7 Å². The maximum Gasteiger partial charge on any atom is 0.344 e. The highest BCUT2D eigenvalue weighted by Crippen LogP contribution is 2.46. The third-order valence-electron chi connectivity index (χ3n) is 4.57. The Hall–Kier alpha value is -4.08. The second-order valence-corrected chi connectivity index (χ2v) is 6.74. The van der Waals surface area contributed by atoms with Gasteiger partial charge in [-0.3, -0.25) is 9.59 Å². The van der Waals surface area contributed by atoms with Crippen molar-refractivity contribution in [3.63, 3.8) is 0 Å². The number of rotatable bonds is 6. The first-order chi connectivity index (χ1) is 15.3. The summed E-state index contributed by atoms with van der Waals surface area (Å²) in [6.07, 6.45) is 0. The average molecular weight is 442 g/mol. The third-order valence-corrected chi connectivity index (χ3v) is 4.57. The molecule has 2 aromatic carbocycles. The van der Waals surface area contributed by atoms with Gasteiger partial charge < -0.3 is 27.8 Å². The monoisotopic (exact) mass is 442 g/mol. The van der Waals surface area contributed by atoms with Crippen LogP contribution in [-0.2, 0) is 9.59 Å². The predicted octanol–water partition coefficient (Wildman–Crippen LogP) is 3.14. The van der Waals surface area contributed by atoms with Crippen molar-refractivity contribution in [1.29, 1.82) is 0 Å². The molecule has 32 heavy (non-hydrogen) atoms. The van der Waals surface area contributed by atoms with E-state index in [-0.39, 0.29) is 68.9 Å². The van der Waals surface area contributed by atoms with Crippen LogP contribution < -0.4 is 30.2 Å². The zero-order valence-corrected chi connectivity index (χ0v) is 17.7. The molecule has 4 rings (SSSR count). The molecule has 2 aromatic heterocycles. The fourth-order valence-corrected chi connectivity index (χ4v) is 3.56. The molecule has 0 amide bonds. The molecule has 166 valence electrons. The summed E-state index contributed by atoms with van der Waals surface area (Å²) in [4.78, 5) is 49.0. The van der Waals surface area contributed by atoms with Crippen molar-refractivity contribution in [3.05, 3.63) is 33.0 Å². The highest BCUT2D eigenvalue weighted by Gasteiger charge is 2.28. The largest absolute Gasteiger partial charge is 0.487 e. The second kappa shape index (κ2) is 7.88. The lowest BCUT2D eigenvalue weighted by molar-refractivity contribution is -0.132. The van der Waals surface area contributed by atoms with E-state index in [1.165, 1.54) is 26.0 Å². The molecule has 0 aliphatic carbocycles. The zero-order chi connectivity index (χ0) is 23.2. The maximum absolute atomic E-state index is 12.9. The molecule has 0 saturated heterocycles. The van der Waals surface area contributed by atoms with Gasteiger partial charge in [-0.2, -0.15) is 0 Å². The summed E-state index contributed by atoms with van der Waals surface area (Å²) in [7, 11) is 0. The number of hydrogen-bond donors (Lipinski definition) is 0. The van der Waals surface area contributed by atoms with Crippen molar-refractivity contribution in [2.24, 2.45) is 0 Å². The Morgan fingerprint density at radius 3 is 1.44 bits per heavy atom. The first-order valence-electron chi connectivity index (χ1n) is 9.75. The molecule has 0 N–H and O–H groups in total. The van der Waals surface area contributed by atoms with Crippen LogP contribution in [0.15, 0.2) is 30.6 Å². The lowest BCUT2D eigenvalue weighted by atomic mass is 10.0. The van der Waals surface area contributed by atoms with Crippen LogP contribution in [-0.4, -0.2) is 25.2 Å². The predicted molar refractivity (Wildman–Crippen MR) is 112 cm³/mol. The van der Waals surface area contributed by atoms with Gasteiger partial charge in [0.15, 0.2) is 22.7 Å². The Kier molecular flexibility index (Phi) is 5.21. The van der Waals surface area contributed by atoms with Crippen molar-refractivity contribution < 1.29 is 37.4 Å². The van der Waals surface area contributed by atoms with Crippen molar-refractivity contribution in [3.8, 4) is 23.0 Å². The molecular weight excluding hydrogens is 424 g/mol. The molecule has 0 aliphatic heterocycles.